The first kappa shape index (κ1) is 18.0. The summed E-state index contributed by atoms with van der Waals surface area (Å²) in [5, 5.41) is 2.71. The maximum Gasteiger partial charge on any atom is 0.312 e. The van der Waals surface area contributed by atoms with Gasteiger partial charge in [0.2, 0.25) is 0 Å². The van der Waals surface area contributed by atoms with E-state index in [-0.39, 0.29) is 11.9 Å². The molecule has 1 rings (SSSR count). The average molecular weight is 298 g/mol. The number of likely N-dealkylation sites (tertiary alicyclic amines) is 1. The van der Waals surface area contributed by atoms with Gasteiger partial charge in [0.1, 0.15) is 0 Å². The second-order valence-electron chi connectivity index (χ2n) is 5.63. The predicted molar refractivity (Wildman–Crippen MR) is 83.0 cm³/mol. The van der Waals surface area contributed by atoms with E-state index >= 15 is 0 Å². The monoisotopic (exact) mass is 298 g/mol. The Morgan fingerprint density at radius 2 is 1.95 bits per heavy atom. The summed E-state index contributed by atoms with van der Waals surface area (Å²) < 4.78 is 5.42. The third-order valence-corrected chi connectivity index (χ3v) is 3.95. The van der Waals surface area contributed by atoms with Gasteiger partial charge in [-0.2, -0.15) is 0 Å². The molecular weight excluding hydrogens is 268 g/mol. The lowest BCUT2D eigenvalue weighted by Gasteiger charge is -2.34. The molecule has 1 aliphatic heterocycles. The summed E-state index contributed by atoms with van der Waals surface area (Å²) in [6.07, 6.45) is 7.03. The fourth-order valence-electron chi connectivity index (χ4n) is 2.62. The smallest absolute Gasteiger partial charge is 0.312 e. The van der Waals surface area contributed by atoms with E-state index in [0.29, 0.717) is 19.7 Å². The zero-order valence-electron chi connectivity index (χ0n) is 13.5. The first-order chi connectivity index (χ1) is 10.2. The van der Waals surface area contributed by atoms with E-state index in [2.05, 4.69) is 19.2 Å². The molecule has 0 aromatic rings. The number of rotatable bonds is 8. The Morgan fingerprint density at radius 1 is 1.19 bits per heavy atom. The maximum atomic E-state index is 12.2. The van der Waals surface area contributed by atoms with Crippen LogP contribution >= 0.6 is 0 Å². The van der Waals surface area contributed by atoms with Crippen molar-refractivity contribution in [2.45, 2.75) is 64.8 Å². The fourth-order valence-corrected chi connectivity index (χ4v) is 2.62. The van der Waals surface area contributed by atoms with Crippen molar-refractivity contribution in [1.82, 2.24) is 10.2 Å². The maximum absolute atomic E-state index is 12.2. The van der Waals surface area contributed by atoms with Crippen LogP contribution in [0.3, 0.4) is 0 Å². The van der Waals surface area contributed by atoms with Gasteiger partial charge >= 0.3 is 11.8 Å². The van der Waals surface area contributed by atoms with Gasteiger partial charge in [0, 0.05) is 32.3 Å². The third-order valence-electron chi connectivity index (χ3n) is 3.95. The Morgan fingerprint density at radius 3 is 2.67 bits per heavy atom. The van der Waals surface area contributed by atoms with Crippen molar-refractivity contribution in [1.29, 1.82) is 0 Å². The van der Waals surface area contributed by atoms with Gasteiger partial charge in [-0.25, -0.2) is 0 Å². The normalized spacial score (nSPS) is 18.6. The van der Waals surface area contributed by atoms with Crippen molar-refractivity contribution in [3.8, 4) is 0 Å². The molecule has 2 amide bonds. The zero-order chi connectivity index (χ0) is 15.5. The molecule has 0 aromatic heterocycles. The minimum atomic E-state index is -0.469. The Labute approximate surface area is 128 Å². The Kier molecular flexibility index (Phi) is 9.06. The van der Waals surface area contributed by atoms with Crippen molar-refractivity contribution in [2.24, 2.45) is 0 Å². The summed E-state index contributed by atoms with van der Waals surface area (Å²) in [6, 6.07) is 0.231. The summed E-state index contributed by atoms with van der Waals surface area (Å²) in [5.74, 6) is -0.836. The Bertz CT molecular complexity index is 321. The first-order valence-electron chi connectivity index (χ1n) is 8.37. The van der Waals surface area contributed by atoms with Crippen molar-refractivity contribution in [3.63, 3.8) is 0 Å². The van der Waals surface area contributed by atoms with Crippen LogP contribution in [0.2, 0.25) is 0 Å². The Hall–Kier alpha value is -1.10. The summed E-state index contributed by atoms with van der Waals surface area (Å²) in [6.45, 7) is 6.82. The molecular formula is C16H30N2O3. The van der Waals surface area contributed by atoms with Crippen molar-refractivity contribution >= 4 is 11.8 Å². The lowest BCUT2D eigenvalue weighted by atomic mass is 10.00. The second kappa shape index (κ2) is 10.6. The van der Waals surface area contributed by atoms with E-state index in [1.165, 1.54) is 0 Å². The summed E-state index contributed by atoms with van der Waals surface area (Å²) >= 11 is 0. The number of amides is 2. The second-order valence-corrected chi connectivity index (χ2v) is 5.63. The summed E-state index contributed by atoms with van der Waals surface area (Å²) in [7, 11) is 0. The van der Waals surface area contributed by atoms with Crippen LogP contribution < -0.4 is 5.32 Å². The molecule has 0 radical (unpaired) electrons. The molecule has 1 aliphatic rings. The largest absolute Gasteiger partial charge is 0.381 e. The molecule has 1 atom stereocenters. The van der Waals surface area contributed by atoms with Crippen molar-refractivity contribution < 1.29 is 14.3 Å². The van der Waals surface area contributed by atoms with Crippen molar-refractivity contribution in [2.75, 3.05) is 26.3 Å². The van der Waals surface area contributed by atoms with Gasteiger partial charge in [-0.1, -0.05) is 20.3 Å². The standard InChI is InChI=1S/C16H30N2O3/c1-3-5-12-21-13-8-10-17-15(19)16(20)18-11-7-6-9-14(18)4-2/h14H,3-13H2,1-2H3,(H,17,19). The van der Waals surface area contributed by atoms with Crippen LogP contribution in [0.25, 0.3) is 0 Å². The summed E-state index contributed by atoms with van der Waals surface area (Å²) in [5.41, 5.74) is 0. The van der Waals surface area contributed by atoms with Gasteiger partial charge < -0.3 is 15.0 Å². The molecule has 5 nitrogen and oxygen atoms in total. The number of nitrogens with one attached hydrogen (secondary N) is 1. The van der Waals surface area contributed by atoms with Gasteiger partial charge in [-0.05, 0) is 38.5 Å². The molecule has 0 aliphatic carbocycles. The van der Waals surface area contributed by atoms with Gasteiger partial charge in [0.15, 0.2) is 0 Å². The number of nitrogens with zero attached hydrogens (tertiary/aromatic N) is 1. The highest BCUT2D eigenvalue weighted by atomic mass is 16.5. The van der Waals surface area contributed by atoms with Gasteiger partial charge in [0.05, 0.1) is 0 Å². The quantitative estimate of drug-likeness (QED) is 0.551. The lowest BCUT2D eigenvalue weighted by molar-refractivity contribution is -0.148. The number of carbonyl (C=O) groups excluding carboxylic acids is 2. The average Bonchev–Trinajstić information content (AvgIpc) is 2.53. The molecule has 122 valence electrons. The number of piperidine rings is 1. The molecule has 0 aromatic carbocycles. The minimum absolute atomic E-state index is 0.231. The van der Waals surface area contributed by atoms with Gasteiger partial charge in [0.25, 0.3) is 0 Å². The number of carbonyl (C=O) groups is 2. The number of hydrogen-bond acceptors (Lipinski definition) is 3. The molecule has 1 unspecified atom stereocenters. The molecule has 1 fully saturated rings. The first-order valence-corrected chi connectivity index (χ1v) is 8.37. The van der Waals surface area contributed by atoms with E-state index < -0.39 is 5.91 Å². The predicted octanol–water partition coefficient (Wildman–Crippen LogP) is 2.10. The van der Waals surface area contributed by atoms with Crippen LogP contribution in [0.1, 0.15) is 58.8 Å². The van der Waals surface area contributed by atoms with E-state index in [1.807, 2.05) is 0 Å². The number of ether oxygens (including phenoxy) is 1. The topological polar surface area (TPSA) is 58.6 Å². The van der Waals surface area contributed by atoms with E-state index in [1.54, 1.807) is 4.90 Å². The zero-order valence-corrected chi connectivity index (χ0v) is 13.5. The van der Waals surface area contributed by atoms with Gasteiger partial charge in [-0.3, -0.25) is 9.59 Å². The highest BCUT2D eigenvalue weighted by molar-refractivity contribution is 6.35. The molecule has 5 heteroatoms. The molecule has 1 N–H and O–H groups in total. The van der Waals surface area contributed by atoms with E-state index in [0.717, 1.165) is 51.6 Å². The molecule has 1 saturated heterocycles. The number of unbranched alkanes of at least 4 members (excludes halogenated alkanes) is 1. The molecule has 0 saturated carbocycles. The highest BCUT2D eigenvalue weighted by Crippen LogP contribution is 2.19. The lowest BCUT2D eigenvalue weighted by Crippen LogP contribution is -2.50. The molecule has 1 heterocycles. The highest BCUT2D eigenvalue weighted by Gasteiger charge is 2.29. The minimum Gasteiger partial charge on any atom is -0.381 e. The molecule has 0 bridgehead atoms. The number of hydrogen-bond donors (Lipinski definition) is 1. The SMILES string of the molecule is CCCCOCCCNC(=O)C(=O)N1CCCCC1CC. The third kappa shape index (κ3) is 6.46. The summed E-state index contributed by atoms with van der Waals surface area (Å²) in [4.78, 5) is 25.8. The van der Waals surface area contributed by atoms with Crippen molar-refractivity contribution in [3.05, 3.63) is 0 Å². The van der Waals surface area contributed by atoms with Crippen LogP contribution in [0.5, 0.6) is 0 Å². The van der Waals surface area contributed by atoms with E-state index in [9.17, 15) is 9.59 Å². The van der Waals surface area contributed by atoms with Crippen LogP contribution in [0, 0.1) is 0 Å². The molecule has 21 heavy (non-hydrogen) atoms. The fraction of sp³-hybridized carbons (Fsp3) is 0.875. The van der Waals surface area contributed by atoms with Crippen LogP contribution in [-0.4, -0.2) is 49.1 Å². The van der Waals surface area contributed by atoms with Gasteiger partial charge in [-0.15, -0.1) is 0 Å². The molecule has 0 spiro atoms. The Balaban J connectivity index is 2.20. The van der Waals surface area contributed by atoms with Crippen LogP contribution in [0.4, 0.5) is 0 Å². The van der Waals surface area contributed by atoms with E-state index in [4.69, 9.17) is 4.74 Å². The van der Waals surface area contributed by atoms with Crippen LogP contribution in [-0.2, 0) is 14.3 Å². The van der Waals surface area contributed by atoms with Crippen LogP contribution in [0.15, 0.2) is 0 Å².